The second-order valence-corrected chi connectivity index (χ2v) is 4.98. The van der Waals surface area contributed by atoms with Gasteiger partial charge in [0.25, 0.3) is 0 Å². The van der Waals surface area contributed by atoms with Gasteiger partial charge in [0, 0.05) is 12.5 Å². The smallest absolute Gasteiger partial charge is 0.304 e. The summed E-state index contributed by atoms with van der Waals surface area (Å²) < 4.78 is 5.43. The van der Waals surface area contributed by atoms with E-state index in [1.165, 1.54) is 6.92 Å². The van der Waals surface area contributed by atoms with Gasteiger partial charge in [0.15, 0.2) is 0 Å². The lowest BCUT2D eigenvalue weighted by Gasteiger charge is -2.32. The molecule has 0 unspecified atom stereocenters. The van der Waals surface area contributed by atoms with Gasteiger partial charge in [-0.05, 0) is 19.8 Å². The summed E-state index contributed by atoms with van der Waals surface area (Å²) in [5.41, 5.74) is -0.293. The maximum Gasteiger partial charge on any atom is 0.304 e. The number of terminal acetylenes is 1. The number of ether oxygens (including phenoxy) is 1. The Bertz CT molecular complexity index is 585. The van der Waals surface area contributed by atoms with Crippen LogP contribution < -0.4 is 0 Å². The summed E-state index contributed by atoms with van der Waals surface area (Å²) in [4.78, 5) is 11.4. The molecule has 1 saturated carbocycles. The predicted molar refractivity (Wildman–Crippen MR) is 70.7 cm³/mol. The molecule has 3 heteroatoms. The first kappa shape index (κ1) is 13.2. The molecule has 0 bridgehead atoms. The highest BCUT2D eigenvalue weighted by Crippen LogP contribution is 2.59. The quantitative estimate of drug-likeness (QED) is 0.614. The lowest BCUT2D eigenvalue weighted by atomic mass is 9.79. The van der Waals surface area contributed by atoms with Gasteiger partial charge >= 0.3 is 5.97 Å². The van der Waals surface area contributed by atoms with E-state index in [1.54, 1.807) is 0 Å². The van der Waals surface area contributed by atoms with E-state index in [0.717, 1.165) is 5.56 Å². The molecule has 1 aromatic carbocycles. The highest BCUT2D eigenvalue weighted by molar-refractivity contribution is 5.68. The molecule has 3 nitrogen and oxygen atoms in total. The average Bonchev–Trinajstić information content (AvgIpc) is 3.18. The molecule has 1 aliphatic rings. The molecule has 0 amide bonds. The van der Waals surface area contributed by atoms with E-state index in [-0.39, 0.29) is 0 Å². The fraction of sp³-hybridized carbons (Fsp3) is 0.375. The Balaban J connectivity index is 2.57. The molecule has 0 saturated heterocycles. The number of nitriles is 1. The summed E-state index contributed by atoms with van der Waals surface area (Å²) in [6.07, 6.45) is 6.94. The van der Waals surface area contributed by atoms with Crippen molar-refractivity contribution in [3.63, 3.8) is 0 Å². The van der Waals surface area contributed by atoms with E-state index < -0.39 is 17.0 Å². The van der Waals surface area contributed by atoms with Crippen molar-refractivity contribution in [2.75, 3.05) is 0 Å². The molecule has 1 atom stereocenters. The van der Waals surface area contributed by atoms with Crippen LogP contribution in [0.5, 0.6) is 0 Å². The van der Waals surface area contributed by atoms with Crippen molar-refractivity contribution < 1.29 is 9.53 Å². The van der Waals surface area contributed by atoms with Crippen LogP contribution in [0.2, 0.25) is 0 Å². The number of nitrogens with zero attached hydrogens (tertiary/aromatic N) is 1. The van der Waals surface area contributed by atoms with Crippen molar-refractivity contribution in [1.82, 2.24) is 0 Å². The Morgan fingerprint density at radius 2 is 2.00 bits per heavy atom. The van der Waals surface area contributed by atoms with Crippen LogP contribution in [0.1, 0.15) is 30.9 Å². The summed E-state index contributed by atoms with van der Waals surface area (Å²) in [6.45, 7) is 3.28. The van der Waals surface area contributed by atoms with Crippen LogP contribution in [0.25, 0.3) is 0 Å². The first-order chi connectivity index (χ1) is 8.99. The zero-order chi connectivity index (χ0) is 14.1. The van der Waals surface area contributed by atoms with E-state index in [4.69, 9.17) is 11.2 Å². The van der Waals surface area contributed by atoms with Crippen LogP contribution in [0.15, 0.2) is 24.3 Å². The number of carbonyl (C=O) groups excluding carboxylic acids is 1. The number of esters is 1. The molecule has 0 spiro atoms. The van der Waals surface area contributed by atoms with Gasteiger partial charge in [-0.1, -0.05) is 35.7 Å². The van der Waals surface area contributed by atoms with Crippen LogP contribution in [0, 0.1) is 36.0 Å². The minimum Gasteiger partial charge on any atom is -0.440 e. The van der Waals surface area contributed by atoms with Gasteiger partial charge < -0.3 is 4.74 Å². The largest absolute Gasteiger partial charge is 0.440 e. The third kappa shape index (κ3) is 1.98. The molecular formula is C16H15NO2. The number of hydrogen-bond acceptors (Lipinski definition) is 3. The van der Waals surface area contributed by atoms with Crippen molar-refractivity contribution in [1.29, 1.82) is 5.26 Å². The van der Waals surface area contributed by atoms with Crippen LogP contribution in [0.4, 0.5) is 0 Å². The predicted octanol–water partition coefficient (Wildman–Crippen LogP) is 2.69. The zero-order valence-corrected chi connectivity index (χ0v) is 11.1. The molecule has 1 fully saturated rings. The summed E-state index contributed by atoms with van der Waals surface area (Å²) in [5.74, 6) is 2.10. The fourth-order valence-electron chi connectivity index (χ4n) is 2.36. The third-order valence-electron chi connectivity index (χ3n) is 3.60. The molecule has 0 aromatic heterocycles. The lowest BCUT2D eigenvalue weighted by Crippen LogP contribution is -2.39. The van der Waals surface area contributed by atoms with Gasteiger partial charge in [-0.25, -0.2) is 0 Å². The van der Waals surface area contributed by atoms with Gasteiger partial charge in [-0.15, -0.1) is 6.42 Å². The minimum atomic E-state index is -1.28. The van der Waals surface area contributed by atoms with Crippen LogP contribution in [0.3, 0.4) is 0 Å². The number of rotatable bonds is 3. The molecule has 2 rings (SSSR count). The molecule has 0 heterocycles. The van der Waals surface area contributed by atoms with E-state index in [1.807, 2.05) is 31.2 Å². The Morgan fingerprint density at radius 3 is 2.37 bits per heavy atom. The van der Waals surface area contributed by atoms with Crippen molar-refractivity contribution in [3.8, 4) is 18.4 Å². The molecule has 96 valence electrons. The maximum absolute atomic E-state index is 11.4. The fourth-order valence-corrected chi connectivity index (χ4v) is 2.36. The first-order valence-electron chi connectivity index (χ1n) is 6.15. The Hall–Kier alpha value is -2.26. The number of aryl methyl sites for hydroxylation is 1. The van der Waals surface area contributed by atoms with Crippen LogP contribution in [-0.2, 0) is 15.1 Å². The van der Waals surface area contributed by atoms with Crippen molar-refractivity contribution in [2.45, 2.75) is 32.3 Å². The van der Waals surface area contributed by atoms with Gasteiger partial charge in [-0.2, -0.15) is 5.26 Å². The van der Waals surface area contributed by atoms with Crippen LogP contribution in [-0.4, -0.2) is 5.97 Å². The zero-order valence-electron chi connectivity index (χ0n) is 11.1. The van der Waals surface area contributed by atoms with Crippen molar-refractivity contribution in [3.05, 3.63) is 35.4 Å². The summed E-state index contributed by atoms with van der Waals surface area (Å²) in [5, 5.41) is 9.42. The Morgan fingerprint density at radius 1 is 1.42 bits per heavy atom. The molecule has 19 heavy (non-hydrogen) atoms. The second-order valence-electron chi connectivity index (χ2n) is 4.98. The van der Waals surface area contributed by atoms with Gasteiger partial charge in [0.05, 0.1) is 6.07 Å². The van der Waals surface area contributed by atoms with Gasteiger partial charge in [0.2, 0.25) is 5.60 Å². The minimum absolute atomic E-state index is 0.472. The molecular weight excluding hydrogens is 238 g/mol. The van der Waals surface area contributed by atoms with Crippen molar-refractivity contribution in [2.24, 2.45) is 5.41 Å². The average molecular weight is 253 g/mol. The third-order valence-corrected chi connectivity index (χ3v) is 3.60. The Kier molecular flexibility index (Phi) is 3.08. The Labute approximate surface area is 113 Å². The molecule has 1 aromatic rings. The topological polar surface area (TPSA) is 50.1 Å². The molecule has 0 N–H and O–H groups in total. The number of hydrogen-bond donors (Lipinski definition) is 0. The highest BCUT2D eigenvalue weighted by Gasteiger charge is 2.63. The summed E-state index contributed by atoms with van der Waals surface area (Å²) in [6, 6.07) is 9.70. The SMILES string of the molecule is C#C[C@@](OC(C)=O)(c1ccc(C)cc1)C1(C#N)CC1. The van der Waals surface area contributed by atoms with E-state index in [2.05, 4.69) is 12.0 Å². The van der Waals surface area contributed by atoms with E-state index in [9.17, 15) is 10.1 Å². The standard InChI is InChI=1S/C16H15NO2/c1-4-16(19-13(3)18,15(11-17)9-10-15)14-7-5-12(2)6-8-14/h1,5-8H,9-10H2,2-3H3/t16-/m1/s1. The summed E-state index contributed by atoms with van der Waals surface area (Å²) in [7, 11) is 0. The normalized spacial score (nSPS) is 18.5. The van der Waals surface area contributed by atoms with Crippen molar-refractivity contribution >= 4 is 5.97 Å². The summed E-state index contributed by atoms with van der Waals surface area (Å²) >= 11 is 0. The van der Waals surface area contributed by atoms with Gasteiger partial charge in [0.1, 0.15) is 5.41 Å². The molecule has 0 aliphatic heterocycles. The maximum atomic E-state index is 11.4. The second kappa shape index (κ2) is 4.44. The number of carbonyl (C=O) groups is 1. The molecule has 1 aliphatic carbocycles. The highest BCUT2D eigenvalue weighted by atomic mass is 16.6. The van der Waals surface area contributed by atoms with Crippen LogP contribution >= 0.6 is 0 Å². The lowest BCUT2D eigenvalue weighted by molar-refractivity contribution is -0.156. The first-order valence-corrected chi connectivity index (χ1v) is 6.15. The number of benzene rings is 1. The van der Waals surface area contributed by atoms with E-state index >= 15 is 0 Å². The van der Waals surface area contributed by atoms with Gasteiger partial charge in [-0.3, -0.25) is 4.79 Å². The molecule has 0 radical (unpaired) electrons. The monoisotopic (exact) mass is 253 g/mol. The van der Waals surface area contributed by atoms with E-state index in [0.29, 0.717) is 18.4 Å².